The average Bonchev–Trinajstić information content (AvgIpc) is 2.84. The summed E-state index contributed by atoms with van der Waals surface area (Å²) < 4.78 is 15.6. The fourth-order valence-corrected chi connectivity index (χ4v) is 2.00. The van der Waals surface area contributed by atoms with Gasteiger partial charge in [0.15, 0.2) is 5.60 Å². The van der Waals surface area contributed by atoms with E-state index < -0.39 is 11.2 Å². The van der Waals surface area contributed by atoms with Crippen molar-refractivity contribution in [2.75, 3.05) is 20.3 Å². The van der Waals surface area contributed by atoms with Crippen LogP contribution in [0.2, 0.25) is 0 Å². The predicted octanol–water partition coefficient (Wildman–Crippen LogP) is 1.52. The number of hydrogen-bond donors (Lipinski definition) is 0. The van der Waals surface area contributed by atoms with Gasteiger partial charge in [-0.25, -0.2) is 4.79 Å². The smallest absolute Gasteiger partial charge is 0.341 e. The van der Waals surface area contributed by atoms with Gasteiger partial charge in [0.25, 0.3) is 0 Å². The maximum atomic E-state index is 11.7. The van der Waals surface area contributed by atoms with Crippen LogP contribution in [0.4, 0.5) is 0 Å². The highest BCUT2D eigenvalue weighted by Crippen LogP contribution is 2.53. The summed E-state index contributed by atoms with van der Waals surface area (Å²) in [5.41, 5.74) is -1.15. The summed E-state index contributed by atoms with van der Waals surface area (Å²) in [5.74, 6) is -0.244. The van der Waals surface area contributed by atoms with E-state index in [0.29, 0.717) is 19.6 Å². The summed E-state index contributed by atoms with van der Waals surface area (Å²) in [7, 11) is 1.64. The van der Waals surface area contributed by atoms with Crippen molar-refractivity contribution >= 4 is 5.97 Å². The maximum Gasteiger partial charge on any atom is 0.341 e. The number of rotatable bonds is 6. The molecule has 1 aliphatic rings. The topological polar surface area (TPSA) is 48.1 Å². The standard InChI is InChI=1S/C11H20O4/c1-5-11(9(12)14-6-2)10(3,15-11)7-8-13-4/h5-8H2,1-4H3. The molecule has 1 saturated heterocycles. The highest BCUT2D eigenvalue weighted by atomic mass is 16.7. The lowest BCUT2D eigenvalue weighted by Gasteiger charge is -2.13. The monoisotopic (exact) mass is 216 g/mol. The van der Waals surface area contributed by atoms with E-state index in [1.165, 1.54) is 0 Å². The summed E-state index contributed by atoms with van der Waals surface area (Å²) in [6.07, 6.45) is 1.36. The van der Waals surface area contributed by atoms with Crippen LogP contribution in [0, 0.1) is 0 Å². The van der Waals surface area contributed by atoms with E-state index in [1.54, 1.807) is 14.0 Å². The van der Waals surface area contributed by atoms with Crippen molar-refractivity contribution in [1.82, 2.24) is 0 Å². The number of ether oxygens (including phenoxy) is 3. The molecule has 2 unspecified atom stereocenters. The zero-order valence-corrected chi connectivity index (χ0v) is 9.96. The molecule has 0 aromatic heterocycles. The molecule has 1 rings (SSSR count). The summed E-state index contributed by atoms with van der Waals surface area (Å²) in [5, 5.41) is 0. The van der Waals surface area contributed by atoms with E-state index in [9.17, 15) is 4.79 Å². The number of carbonyl (C=O) groups excluding carboxylic acids is 1. The minimum Gasteiger partial charge on any atom is -0.464 e. The number of hydrogen-bond acceptors (Lipinski definition) is 4. The van der Waals surface area contributed by atoms with Crippen molar-refractivity contribution in [3.8, 4) is 0 Å². The summed E-state index contributed by atoms with van der Waals surface area (Å²) >= 11 is 0. The molecule has 0 aromatic rings. The Kier molecular flexibility index (Phi) is 3.73. The quantitative estimate of drug-likeness (QED) is 0.499. The first kappa shape index (κ1) is 12.5. The van der Waals surface area contributed by atoms with Gasteiger partial charge in [0.1, 0.15) is 5.60 Å². The molecule has 0 amide bonds. The lowest BCUT2D eigenvalue weighted by atomic mass is 9.89. The molecule has 0 radical (unpaired) electrons. The predicted molar refractivity (Wildman–Crippen MR) is 55.6 cm³/mol. The van der Waals surface area contributed by atoms with Crippen LogP contribution < -0.4 is 0 Å². The Labute approximate surface area is 90.9 Å². The fourth-order valence-electron chi connectivity index (χ4n) is 2.00. The van der Waals surface area contributed by atoms with Gasteiger partial charge < -0.3 is 14.2 Å². The van der Waals surface area contributed by atoms with E-state index in [1.807, 2.05) is 13.8 Å². The molecule has 4 heteroatoms. The Morgan fingerprint density at radius 2 is 2.07 bits per heavy atom. The number of esters is 1. The van der Waals surface area contributed by atoms with Crippen LogP contribution in [0.5, 0.6) is 0 Å². The minimum atomic E-state index is -0.735. The van der Waals surface area contributed by atoms with Gasteiger partial charge in [0.2, 0.25) is 0 Å². The molecule has 1 aliphatic heterocycles. The summed E-state index contributed by atoms with van der Waals surface area (Å²) in [6.45, 7) is 6.67. The molecule has 2 atom stereocenters. The molecule has 88 valence electrons. The van der Waals surface area contributed by atoms with E-state index in [2.05, 4.69) is 0 Å². The number of epoxide rings is 1. The second-order valence-corrected chi connectivity index (χ2v) is 3.98. The van der Waals surface area contributed by atoms with Crippen LogP contribution in [-0.4, -0.2) is 37.5 Å². The third kappa shape index (κ3) is 2.01. The third-order valence-electron chi connectivity index (χ3n) is 3.10. The second kappa shape index (κ2) is 4.49. The normalized spacial score (nSPS) is 33.9. The van der Waals surface area contributed by atoms with Crippen molar-refractivity contribution < 1.29 is 19.0 Å². The van der Waals surface area contributed by atoms with E-state index in [0.717, 1.165) is 6.42 Å². The SMILES string of the molecule is CCOC(=O)C1(CC)OC1(C)CCOC. The van der Waals surface area contributed by atoms with Gasteiger partial charge in [-0.2, -0.15) is 0 Å². The molecule has 0 aromatic carbocycles. The molecule has 0 bridgehead atoms. The van der Waals surface area contributed by atoms with Crippen LogP contribution in [0.25, 0.3) is 0 Å². The Bertz CT molecular complexity index is 241. The molecule has 1 heterocycles. The molecule has 0 N–H and O–H groups in total. The Balaban J connectivity index is 2.62. The first-order valence-electron chi connectivity index (χ1n) is 5.42. The first-order valence-corrected chi connectivity index (χ1v) is 5.42. The van der Waals surface area contributed by atoms with E-state index in [4.69, 9.17) is 14.2 Å². The van der Waals surface area contributed by atoms with Crippen molar-refractivity contribution in [1.29, 1.82) is 0 Å². The molecule has 0 saturated carbocycles. The van der Waals surface area contributed by atoms with Crippen LogP contribution in [-0.2, 0) is 19.0 Å². The zero-order valence-electron chi connectivity index (χ0n) is 9.96. The number of methoxy groups -OCH3 is 1. The molecule has 0 spiro atoms. The van der Waals surface area contributed by atoms with Crippen molar-refractivity contribution in [3.05, 3.63) is 0 Å². The van der Waals surface area contributed by atoms with Gasteiger partial charge in [0.05, 0.1) is 6.61 Å². The maximum absolute atomic E-state index is 11.7. The highest BCUT2D eigenvalue weighted by molar-refractivity contribution is 5.84. The van der Waals surface area contributed by atoms with Gasteiger partial charge in [0, 0.05) is 20.1 Å². The van der Waals surface area contributed by atoms with E-state index >= 15 is 0 Å². The van der Waals surface area contributed by atoms with Gasteiger partial charge in [-0.1, -0.05) is 6.92 Å². The van der Waals surface area contributed by atoms with Crippen LogP contribution >= 0.6 is 0 Å². The molecular weight excluding hydrogens is 196 g/mol. The third-order valence-corrected chi connectivity index (χ3v) is 3.10. The Hall–Kier alpha value is -0.610. The van der Waals surface area contributed by atoms with Crippen molar-refractivity contribution in [3.63, 3.8) is 0 Å². The zero-order chi connectivity index (χ0) is 11.5. The van der Waals surface area contributed by atoms with Crippen LogP contribution in [0.1, 0.15) is 33.6 Å². The van der Waals surface area contributed by atoms with Crippen LogP contribution in [0.15, 0.2) is 0 Å². The van der Waals surface area contributed by atoms with Crippen molar-refractivity contribution in [2.45, 2.75) is 44.8 Å². The van der Waals surface area contributed by atoms with Gasteiger partial charge in [-0.05, 0) is 20.3 Å². The van der Waals surface area contributed by atoms with Gasteiger partial charge >= 0.3 is 5.97 Å². The Morgan fingerprint density at radius 1 is 1.40 bits per heavy atom. The molecular formula is C11H20O4. The molecule has 0 aliphatic carbocycles. The fraction of sp³-hybridized carbons (Fsp3) is 0.909. The Morgan fingerprint density at radius 3 is 2.53 bits per heavy atom. The first-order chi connectivity index (χ1) is 7.06. The molecule has 4 nitrogen and oxygen atoms in total. The average molecular weight is 216 g/mol. The largest absolute Gasteiger partial charge is 0.464 e. The summed E-state index contributed by atoms with van der Waals surface area (Å²) in [4.78, 5) is 11.7. The summed E-state index contributed by atoms with van der Waals surface area (Å²) in [6, 6.07) is 0. The minimum absolute atomic E-state index is 0.244. The molecule has 15 heavy (non-hydrogen) atoms. The van der Waals surface area contributed by atoms with Gasteiger partial charge in [-0.3, -0.25) is 0 Å². The van der Waals surface area contributed by atoms with Gasteiger partial charge in [-0.15, -0.1) is 0 Å². The number of carbonyl (C=O) groups is 1. The lowest BCUT2D eigenvalue weighted by molar-refractivity contribution is -0.149. The van der Waals surface area contributed by atoms with Crippen LogP contribution in [0.3, 0.4) is 0 Å². The van der Waals surface area contributed by atoms with Crippen molar-refractivity contribution in [2.24, 2.45) is 0 Å². The highest BCUT2D eigenvalue weighted by Gasteiger charge is 2.71. The molecule has 1 fully saturated rings. The van der Waals surface area contributed by atoms with E-state index in [-0.39, 0.29) is 5.97 Å². The lowest BCUT2D eigenvalue weighted by Crippen LogP contribution is -2.34. The second-order valence-electron chi connectivity index (χ2n) is 3.98.